The second-order valence-corrected chi connectivity index (χ2v) is 3.80. The maximum Gasteiger partial charge on any atom is 0.0328 e. The van der Waals surface area contributed by atoms with Crippen LogP contribution in [0.3, 0.4) is 0 Å². The molecule has 1 aliphatic heterocycles. The van der Waals surface area contributed by atoms with Crippen molar-refractivity contribution in [3.05, 3.63) is 23.4 Å². The first-order valence-electron chi connectivity index (χ1n) is 5.37. The maximum atomic E-state index is 3.45. The molecule has 0 aromatic carbocycles. The molecule has 1 N–H and O–H groups in total. The molecule has 1 aliphatic rings. The van der Waals surface area contributed by atoms with Gasteiger partial charge in [-0.2, -0.15) is 0 Å². The molecule has 1 heteroatoms. The Morgan fingerprint density at radius 2 is 2.31 bits per heavy atom. The molecule has 0 saturated carbocycles. The van der Waals surface area contributed by atoms with Crippen molar-refractivity contribution in [1.29, 1.82) is 0 Å². The van der Waals surface area contributed by atoms with Crippen LogP contribution in [0.5, 0.6) is 0 Å². The molecule has 0 fully saturated rings. The van der Waals surface area contributed by atoms with Gasteiger partial charge in [-0.05, 0) is 44.3 Å². The average Bonchev–Trinajstić information content (AvgIpc) is 2.13. The van der Waals surface area contributed by atoms with E-state index in [4.69, 9.17) is 0 Å². The van der Waals surface area contributed by atoms with Crippen LogP contribution in [-0.2, 0) is 0 Å². The molecule has 74 valence electrons. The highest BCUT2D eigenvalue weighted by Gasteiger charge is 2.16. The van der Waals surface area contributed by atoms with Gasteiger partial charge in [0, 0.05) is 12.2 Å². The first kappa shape index (κ1) is 10.4. The molecular weight excluding hydrogens is 158 g/mol. The number of rotatable bonds is 3. The van der Waals surface area contributed by atoms with Gasteiger partial charge in [-0.15, -0.1) is 0 Å². The fourth-order valence-electron chi connectivity index (χ4n) is 2.02. The molecule has 1 rings (SSSR count). The minimum absolute atomic E-state index is 0.817. The molecule has 13 heavy (non-hydrogen) atoms. The Hall–Kier alpha value is -0.720. The molecule has 0 aromatic heterocycles. The molecule has 0 bridgehead atoms. The number of nitrogens with one attached hydrogen (secondary N) is 1. The molecular formula is C12H21N. The topological polar surface area (TPSA) is 12.0 Å². The third-order valence-electron chi connectivity index (χ3n) is 2.82. The summed E-state index contributed by atoms with van der Waals surface area (Å²) in [6.45, 7) is 7.75. The van der Waals surface area contributed by atoms with Gasteiger partial charge in [-0.25, -0.2) is 0 Å². The Morgan fingerprint density at radius 1 is 1.54 bits per heavy atom. The van der Waals surface area contributed by atoms with Crippen LogP contribution in [0.15, 0.2) is 23.4 Å². The Labute approximate surface area is 81.9 Å². The lowest BCUT2D eigenvalue weighted by Crippen LogP contribution is -2.25. The standard InChI is InChI=1S/C12H21N/c1-4-6-11-8-9-13-12(7-5-2)10(11)3/h5,7,11,13H,4,6,8-9H2,1-3H3/b7-5-. The highest BCUT2D eigenvalue weighted by atomic mass is 14.9. The summed E-state index contributed by atoms with van der Waals surface area (Å²) >= 11 is 0. The van der Waals surface area contributed by atoms with Crippen molar-refractivity contribution in [1.82, 2.24) is 5.32 Å². The van der Waals surface area contributed by atoms with Gasteiger partial charge in [0.2, 0.25) is 0 Å². The van der Waals surface area contributed by atoms with Gasteiger partial charge >= 0.3 is 0 Å². The van der Waals surface area contributed by atoms with E-state index >= 15 is 0 Å². The van der Waals surface area contributed by atoms with Crippen molar-refractivity contribution in [2.45, 2.75) is 40.0 Å². The summed E-state index contributed by atoms with van der Waals surface area (Å²) in [6.07, 6.45) is 8.25. The molecule has 0 saturated heterocycles. The van der Waals surface area contributed by atoms with Gasteiger partial charge in [0.1, 0.15) is 0 Å². The van der Waals surface area contributed by atoms with E-state index in [0.29, 0.717) is 0 Å². The number of hydrogen-bond acceptors (Lipinski definition) is 1. The van der Waals surface area contributed by atoms with E-state index in [1.54, 1.807) is 5.57 Å². The van der Waals surface area contributed by atoms with Crippen LogP contribution in [0, 0.1) is 5.92 Å². The predicted molar refractivity (Wildman–Crippen MR) is 58.5 cm³/mol. The quantitative estimate of drug-likeness (QED) is 0.701. The largest absolute Gasteiger partial charge is 0.385 e. The summed E-state index contributed by atoms with van der Waals surface area (Å²) in [7, 11) is 0. The van der Waals surface area contributed by atoms with E-state index in [0.717, 1.165) is 12.5 Å². The smallest absolute Gasteiger partial charge is 0.0328 e. The molecule has 0 radical (unpaired) electrons. The van der Waals surface area contributed by atoms with Gasteiger partial charge < -0.3 is 5.32 Å². The van der Waals surface area contributed by atoms with E-state index in [1.807, 2.05) is 0 Å². The second-order valence-electron chi connectivity index (χ2n) is 3.80. The summed E-state index contributed by atoms with van der Waals surface area (Å²) < 4.78 is 0. The van der Waals surface area contributed by atoms with E-state index < -0.39 is 0 Å². The molecule has 0 amide bonds. The van der Waals surface area contributed by atoms with Gasteiger partial charge in [-0.3, -0.25) is 0 Å². The molecule has 1 heterocycles. The van der Waals surface area contributed by atoms with E-state index in [2.05, 4.69) is 38.2 Å². The average molecular weight is 179 g/mol. The zero-order valence-electron chi connectivity index (χ0n) is 9.06. The zero-order chi connectivity index (χ0) is 9.68. The minimum atomic E-state index is 0.817. The van der Waals surface area contributed by atoms with Crippen LogP contribution in [-0.4, -0.2) is 6.54 Å². The summed E-state index contributed by atoms with van der Waals surface area (Å²) in [6, 6.07) is 0. The predicted octanol–water partition coefficient (Wildman–Crippen LogP) is 3.25. The first-order chi connectivity index (χ1) is 6.29. The van der Waals surface area contributed by atoms with Crippen molar-refractivity contribution in [2.75, 3.05) is 6.54 Å². The zero-order valence-corrected chi connectivity index (χ0v) is 9.06. The fourth-order valence-corrected chi connectivity index (χ4v) is 2.02. The van der Waals surface area contributed by atoms with Gasteiger partial charge in [0.15, 0.2) is 0 Å². The van der Waals surface area contributed by atoms with Crippen LogP contribution >= 0.6 is 0 Å². The third-order valence-corrected chi connectivity index (χ3v) is 2.82. The molecule has 0 spiro atoms. The van der Waals surface area contributed by atoms with Crippen molar-refractivity contribution in [2.24, 2.45) is 5.92 Å². The van der Waals surface area contributed by atoms with Crippen LogP contribution in [0.2, 0.25) is 0 Å². The Kier molecular flexibility index (Phi) is 4.07. The molecule has 0 aromatic rings. The Bertz CT molecular complexity index is 213. The van der Waals surface area contributed by atoms with Crippen LogP contribution in [0.25, 0.3) is 0 Å². The third kappa shape index (κ3) is 2.61. The van der Waals surface area contributed by atoms with Crippen molar-refractivity contribution < 1.29 is 0 Å². The summed E-state index contributed by atoms with van der Waals surface area (Å²) in [5.74, 6) is 0.817. The maximum absolute atomic E-state index is 3.45. The van der Waals surface area contributed by atoms with E-state index in [-0.39, 0.29) is 0 Å². The van der Waals surface area contributed by atoms with Gasteiger partial charge in [0.05, 0.1) is 0 Å². The molecule has 1 nitrogen and oxygen atoms in total. The van der Waals surface area contributed by atoms with Crippen LogP contribution < -0.4 is 5.32 Å². The van der Waals surface area contributed by atoms with Crippen molar-refractivity contribution in [3.8, 4) is 0 Å². The monoisotopic (exact) mass is 179 g/mol. The SMILES string of the molecule is C/C=C\C1=C(C)C(CCC)CCN1. The number of hydrogen-bond donors (Lipinski definition) is 1. The van der Waals surface area contributed by atoms with E-state index in [1.165, 1.54) is 25.0 Å². The minimum Gasteiger partial charge on any atom is -0.385 e. The van der Waals surface area contributed by atoms with Crippen LogP contribution in [0.4, 0.5) is 0 Å². The van der Waals surface area contributed by atoms with Gasteiger partial charge in [0.25, 0.3) is 0 Å². The second kappa shape index (κ2) is 5.11. The number of allylic oxidation sites excluding steroid dienone is 3. The lowest BCUT2D eigenvalue weighted by Gasteiger charge is -2.26. The normalized spacial score (nSPS) is 23.8. The highest BCUT2D eigenvalue weighted by Crippen LogP contribution is 2.26. The summed E-state index contributed by atoms with van der Waals surface area (Å²) in [5.41, 5.74) is 2.90. The Morgan fingerprint density at radius 3 is 2.92 bits per heavy atom. The van der Waals surface area contributed by atoms with Gasteiger partial charge in [-0.1, -0.05) is 19.4 Å². The summed E-state index contributed by atoms with van der Waals surface area (Å²) in [5, 5.41) is 3.45. The molecule has 0 aliphatic carbocycles. The van der Waals surface area contributed by atoms with Crippen molar-refractivity contribution in [3.63, 3.8) is 0 Å². The molecule has 1 unspecified atom stereocenters. The van der Waals surface area contributed by atoms with Crippen LogP contribution in [0.1, 0.15) is 40.0 Å². The lowest BCUT2D eigenvalue weighted by atomic mass is 9.88. The first-order valence-corrected chi connectivity index (χ1v) is 5.37. The highest BCUT2D eigenvalue weighted by molar-refractivity contribution is 5.26. The van der Waals surface area contributed by atoms with E-state index in [9.17, 15) is 0 Å². The lowest BCUT2D eigenvalue weighted by molar-refractivity contribution is 0.468. The Balaban J connectivity index is 2.72. The molecule has 1 atom stereocenters. The summed E-state index contributed by atoms with van der Waals surface area (Å²) in [4.78, 5) is 0. The van der Waals surface area contributed by atoms with Crippen molar-refractivity contribution >= 4 is 0 Å². The fraction of sp³-hybridized carbons (Fsp3) is 0.667.